The molecule has 1 spiro atoms. The Balaban J connectivity index is 1.59. The molecule has 2 aliphatic heterocycles. The predicted octanol–water partition coefficient (Wildman–Crippen LogP) is 2.24. The van der Waals surface area contributed by atoms with E-state index in [1.54, 1.807) is 11.8 Å². The molecule has 1 unspecified atom stereocenters. The fourth-order valence-electron chi connectivity index (χ4n) is 4.07. The van der Waals surface area contributed by atoms with Crippen molar-refractivity contribution in [1.29, 1.82) is 5.26 Å². The Kier molecular flexibility index (Phi) is 5.28. The molecule has 1 atom stereocenters. The van der Waals surface area contributed by atoms with Crippen molar-refractivity contribution in [3.63, 3.8) is 0 Å². The first-order valence-corrected chi connectivity index (χ1v) is 9.16. The van der Waals surface area contributed by atoms with Gasteiger partial charge in [0.2, 0.25) is 5.91 Å². The van der Waals surface area contributed by atoms with E-state index in [-0.39, 0.29) is 11.3 Å². The molecule has 2 saturated heterocycles. The zero-order chi connectivity index (χ0) is 18.7. The van der Waals surface area contributed by atoms with Gasteiger partial charge in [-0.1, -0.05) is 12.1 Å². The number of piperidine rings is 2. The number of nitrogens with zero attached hydrogens (tertiary/aromatic N) is 3. The van der Waals surface area contributed by atoms with Crippen molar-refractivity contribution < 1.29 is 14.7 Å². The van der Waals surface area contributed by atoms with Gasteiger partial charge in [-0.15, -0.1) is 0 Å². The van der Waals surface area contributed by atoms with E-state index in [1.807, 2.05) is 24.3 Å². The minimum Gasteiger partial charge on any atom is -0.480 e. The quantitative estimate of drug-likeness (QED) is 0.895. The van der Waals surface area contributed by atoms with Crippen LogP contribution in [0.25, 0.3) is 0 Å². The standard InChI is InChI=1S/C20H25N3O3/c1-15(19(25)26)23-14-20(7-6-18(23)24)8-10-22(11-9-20)13-17-4-2-16(12-21)3-5-17/h2-5,15H,6-11,13-14H2,1H3,(H,25,26). The molecule has 0 aromatic heterocycles. The average Bonchev–Trinajstić information content (AvgIpc) is 2.66. The van der Waals surface area contributed by atoms with E-state index in [9.17, 15) is 14.7 Å². The number of likely N-dealkylation sites (tertiary alicyclic amines) is 2. The molecule has 2 heterocycles. The topological polar surface area (TPSA) is 84.6 Å². The Hall–Kier alpha value is -2.39. The third-order valence-electron chi connectivity index (χ3n) is 5.93. The van der Waals surface area contributed by atoms with Crippen LogP contribution in [-0.4, -0.2) is 52.5 Å². The average molecular weight is 355 g/mol. The van der Waals surface area contributed by atoms with Gasteiger partial charge in [0.05, 0.1) is 11.6 Å². The van der Waals surface area contributed by atoms with E-state index < -0.39 is 12.0 Å². The Labute approximate surface area is 154 Å². The second-order valence-electron chi connectivity index (χ2n) is 7.62. The number of hydrogen-bond donors (Lipinski definition) is 1. The Morgan fingerprint density at radius 2 is 1.92 bits per heavy atom. The summed E-state index contributed by atoms with van der Waals surface area (Å²) in [6.45, 7) is 4.91. The van der Waals surface area contributed by atoms with Crippen LogP contribution >= 0.6 is 0 Å². The van der Waals surface area contributed by atoms with Gasteiger partial charge in [0.25, 0.3) is 0 Å². The van der Waals surface area contributed by atoms with E-state index >= 15 is 0 Å². The maximum Gasteiger partial charge on any atom is 0.326 e. The van der Waals surface area contributed by atoms with Crippen LogP contribution in [0.15, 0.2) is 24.3 Å². The minimum absolute atomic E-state index is 0.0365. The van der Waals surface area contributed by atoms with E-state index in [0.717, 1.165) is 38.9 Å². The monoisotopic (exact) mass is 355 g/mol. The number of carboxylic acid groups (broad SMARTS) is 1. The lowest BCUT2D eigenvalue weighted by Crippen LogP contribution is -2.55. The summed E-state index contributed by atoms with van der Waals surface area (Å²) < 4.78 is 0. The second kappa shape index (κ2) is 7.46. The molecule has 138 valence electrons. The maximum atomic E-state index is 12.2. The van der Waals surface area contributed by atoms with Crippen molar-refractivity contribution in [2.45, 2.75) is 45.2 Å². The molecule has 1 N–H and O–H groups in total. The fourth-order valence-corrected chi connectivity index (χ4v) is 4.07. The zero-order valence-electron chi connectivity index (χ0n) is 15.1. The summed E-state index contributed by atoms with van der Waals surface area (Å²) >= 11 is 0. The van der Waals surface area contributed by atoms with Gasteiger partial charge in [-0.3, -0.25) is 9.69 Å². The molecule has 1 aromatic carbocycles. The molecule has 2 fully saturated rings. The van der Waals surface area contributed by atoms with Gasteiger partial charge in [-0.2, -0.15) is 5.26 Å². The number of amides is 1. The van der Waals surface area contributed by atoms with Crippen LogP contribution in [0.3, 0.4) is 0 Å². The molecule has 26 heavy (non-hydrogen) atoms. The van der Waals surface area contributed by atoms with Crippen molar-refractivity contribution >= 4 is 11.9 Å². The molecular weight excluding hydrogens is 330 g/mol. The summed E-state index contributed by atoms with van der Waals surface area (Å²) in [5, 5.41) is 18.1. The normalized spacial score (nSPS) is 21.4. The summed E-state index contributed by atoms with van der Waals surface area (Å²) in [5.74, 6) is -0.973. The van der Waals surface area contributed by atoms with Gasteiger partial charge >= 0.3 is 5.97 Å². The third kappa shape index (κ3) is 3.88. The highest BCUT2D eigenvalue weighted by Gasteiger charge is 2.43. The van der Waals surface area contributed by atoms with Crippen molar-refractivity contribution in [2.75, 3.05) is 19.6 Å². The van der Waals surface area contributed by atoms with Crippen LogP contribution in [0.2, 0.25) is 0 Å². The van der Waals surface area contributed by atoms with Crippen molar-refractivity contribution in [1.82, 2.24) is 9.80 Å². The Morgan fingerprint density at radius 1 is 1.27 bits per heavy atom. The van der Waals surface area contributed by atoms with Crippen LogP contribution in [-0.2, 0) is 16.1 Å². The van der Waals surface area contributed by atoms with Crippen molar-refractivity contribution in [2.24, 2.45) is 5.41 Å². The lowest BCUT2D eigenvalue weighted by atomic mass is 9.72. The van der Waals surface area contributed by atoms with Gasteiger partial charge < -0.3 is 10.0 Å². The number of carbonyl (C=O) groups excluding carboxylic acids is 1. The van der Waals surface area contributed by atoms with E-state index in [0.29, 0.717) is 18.5 Å². The fraction of sp³-hybridized carbons (Fsp3) is 0.550. The lowest BCUT2D eigenvalue weighted by Gasteiger charge is -2.48. The lowest BCUT2D eigenvalue weighted by molar-refractivity contribution is -0.155. The molecule has 3 rings (SSSR count). The molecule has 0 aliphatic carbocycles. The number of carboxylic acids is 1. The van der Waals surface area contributed by atoms with E-state index in [1.165, 1.54) is 5.56 Å². The van der Waals surface area contributed by atoms with E-state index in [4.69, 9.17) is 5.26 Å². The Morgan fingerprint density at radius 3 is 2.50 bits per heavy atom. The van der Waals surface area contributed by atoms with Crippen LogP contribution < -0.4 is 0 Å². The molecule has 6 nitrogen and oxygen atoms in total. The van der Waals surface area contributed by atoms with Gasteiger partial charge in [-0.05, 0) is 62.4 Å². The Bertz CT molecular complexity index is 715. The van der Waals surface area contributed by atoms with E-state index in [2.05, 4.69) is 11.0 Å². The minimum atomic E-state index is -0.936. The summed E-state index contributed by atoms with van der Waals surface area (Å²) in [4.78, 5) is 27.4. The molecular formula is C20H25N3O3. The largest absolute Gasteiger partial charge is 0.480 e. The first-order valence-electron chi connectivity index (χ1n) is 9.16. The predicted molar refractivity (Wildman–Crippen MR) is 96.1 cm³/mol. The maximum absolute atomic E-state index is 12.2. The number of hydrogen-bond acceptors (Lipinski definition) is 4. The van der Waals surface area contributed by atoms with Crippen LogP contribution in [0, 0.1) is 16.7 Å². The molecule has 0 radical (unpaired) electrons. The SMILES string of the molecule is CC(C(=O)O)N1CC2(CCC1=O)CCN(Cc1ccc(C#N)cc1)CC2. The number of aliphatic carboxylic acids is 1. The number of carbonyl (C=O) groups is 2. The first-order chi connectivity index (χ1) is 12.4. The number of rotatable bonds is 4. The van der Waals surface area contributed by atoms with Gasteiger partial charge in [-0.25, -0.2) is 4.79 Å². The van der Waals surface area contributed by atoms with Crippen LogP contribution in [0.4, 0.5) is 0 Å². The third-order valence-corrected chi connectivity index (χ3v) is 5.93. The molecule has 0 bridgehead atoms. The van der Waals surface area contributed by atoms with Crippen molar-refractivity contribution in [3.8, 4) is 6.07 Å². The number of benzene rings is 1. The smallest absolute Gasteiger partial charge is 0.326 e. The highest BCUT2D eigenvalue weighted by Crippen LogP contribution is 2.41. The first kappa shape index (κ1) is 18.4. The summed E-state index contributed by atoms with van der Waals surface area (Å²) in [6, 6.07) is 9.07. The van der Waals surface area contributed by atoms with Gasteiger partial charge in [0.15, 0.2) is 0 Å². The second-order valence-corrected chi connectivity index (χ2v) is 7.62. The molecule has 0 saturated carbocycles. The molecule has 1 amide bonds. The summed E-state index contributed by atoms with van der Waals surface area (Å²) in [7, 11) is 0. The molecule has 1 aromatic rings. The number of nitriles is 1. The van der Waals surface area contributed by atoms with Crippen molar-refractivity contribution in [3.05, 3.63) is 35.4 Å². The molecule has 2 aliphatic rings. The zero-order valence-corrected chi connectivity index (χ0v) is 15.1. The van der Waals surface area contributed by atoms with Crippen LogP contribution in [0.5, 0.6) is 0 Å². The van der Waals surface area contributed by atoms with Crippen LogP contribution in [0.1, 0.15) is 43.7 Å². The highest BCUT2D eigenvalue weighted by atomic mass is 16.4. The summed E-state index contributed by atoms with van der Waals surface area (Å²) in [6.07, 6.45) is 3.28. The van der Waals surface area contributed by atoms with Gasteiger partial charge in [0.1, 0.15) is 6.04 Å². The summed E-state index contributed by atoms with van der Waals surface area (Å²) in [5.41, 5.74) is 1.92. The molecule has 6 heteroatoms. The highest BCUT2D eigenvalue weighted by molar-refractivity contribution is 5.84. The van der Waals surface area contributed by atoms with Gasteiger partial charge in [0, 0.05) is 19.5 Å².